The Morgan fingerprint density at radius 2 is 0.714 bits per heavy atom. The van der Waals surface area contributed by atoms with Crippen molar-refractivity contribution in [3.8, 4) is 11.1 Å². The Morgan fingerprint density at radius 3 is 1.00 bits per heavy atom. The van der Waals surface area contributed by atoms with E-state index < -0.39 is 0 Å². The van der Waals surface area contributed by atoms with Gasteiger partial charge in [-0.15, -0.1) is 0 Å². The van der Waals surface area contributed by atoms with E-state index in [2.05, 4.69) is 48.5 Å². The Labute approximate surface area is 109 Å². The molecule has 2 aromatic carbocycles. The van der Waals surface area contributed by atoms with E-state index in [9.17, 15) is 0 Å². The van der Waals surface area contributed by atoms with E-state index in [-0.39, 0.29) is 37.7 Å². The molecule has 0 unspecified atom stereocenters. The van der Waals surface area contributed by atoms with E-state index in [0.717, 1.165) is 0 Å². The van der Waals surface area contributed by atoms with E-state index in [1.54, 1.807) is 0 Å². The summed E-state index contributed by atoms with van der Waals surface area (Å²) in [6.45, 7) is 0. The van der Waals surface area contributed by atoms with Gasteiger partial charge in [-0.1, -0.05) is 60.7 Å². The molecule has 2 rings (SSSR count). The van der Waals surface area contributed by atoms with Crippen molar-refractivity contribution in [1.82, 2.24) is 0 Å². The first-order valence-electron chi connectivity index (χ1n) is 4.07. The minimum atomic E-state index is 0. The van der Waals surface area contributed by atoms with Crippen LogP contribution in [0.3, 0.4) is 0 Å². The van der Waals surface area contributed by atoms with Gasteiger partial charge >= 0.3 is 37.7 Å². The average molecular weight is 170 g/mol. The van der Waals surface area contributed by atoms with Crippen LogP contribution < -0.4 is 0 Å². The molecule has 0 nitrogen and oxygen atoms in total. The molecule has 0 aliphatic carbocycles. The van der Waals surface area contributed by atoms with Gasteiger partial charge in [-0.05, 0) is 11.1 Å². The molecule has 0 aliphatic heterocycles. The molecule has 0 aliphatic rings. The molecular formula is C12H12Li2. The second-order valence-electron chi connectivity index (χ2n) is 2.73. The minimum absolute atomic E-state index is 0. The predicted octanol–water partition coefficient (Wildman–Crippen LogP) is 2.06. The number of benzene rings is 2. The van der Waals surface area contributed by atoms with Gasteiger partial charge in [-0.3, -0.25) is 0 Å². The van der Waals surface area contributed by atoms with Gasteiger partial charge in [-0.25, -0.2) is 0 Å². The van der Waals surface area contributed by atoms with Crippen LogP contribution in [0.25, 0.3) is 11.1 Å². The van der Waals surface area contributed by atoms with Crippen molar-refractivity contribution in [1.29, 1.82) is 0 Å². The zero-order valence-corrected chi connectivity index (χ0v) is 6.77. The summed E-state index contributed by atoms with van der Waals surface area (Å²) in [6.07, 6.45) is 0. The van der Waals surface area contributed by atoms with Crippen molar-refractivity contribution in [2.24, 2.45) is 0 Å². The van der Waals surface area contributed by atoms with Gasteiger partial charge in [0.2, 0.25) is 0 Å². The molecule has 62 valence electrons. The summed E-state index contributed by atoms with van der Waals surface area (Å²) < 4.78 is 0. The molecule has 14 heavy (non-hydrogen) atoms. The first kappa shape index (κ1) is 13.6. The zero-order valence-electron chi connectivity index (χ0n) is 6.77. The van der Waals surface area contributed by atoms with Crippen molar-refractivity contribution in [2.75, 3.05) is 0 Å². The Hall–Kier alpha value is -0.365. The molecule has 0 bridgehead atoms. The SMILES string of the molecule is [LiH].[LiH].c1ccc(-c2ccccc2)cc1. The molecule has 0 atom stereocenters. The fourth-order valence-corrected chi connectivity index (χ4v) is 1.26. The van der Waals surface area contributed by atoms with Crippen molar-refractivity contribution >= 4 is 37.7 Å². The van der Waals surface area contributed by atoms with E-state index in [0.29, 0.717) is 0 Å². The summed E-state index contributed by atoms with van der Waals surface area (Å²) in [4.78, 5) is 0. The summed E-state index contributed by atoms with van der Waals surface area (Å²) in [5.74, 6) is 0. The van der Waals surface area contributed by atoms with Crippen LogP contribution in [0, 0.1) is 0 Å². The maximum absolute atomic E-state index is 2.12. The van der Waals surface area contributed by atoms with Crippen LogP contribution in [0.15, 0.2) is 60.7 Å². The van der Waals surface area contributed by atoms with Crippen LogP contribution in [0.2, 0.25) is 0 Å². The largest absolute Gasteiger partial charge is 0.0622 e. The van der Waals surface area contributed by atoms with Crippen LogP contribution in [0.5, 0.6) is 0 Å². The fourth-order valence-electron chi connectivity index (χ4n) is 1.26. The van der Waals surface area contributed by atoms with Gasteiger partial charge < -0.3 is 0 Å². The number of hydrogen-bond donors (Lipinski definition) is 0. The molecule has 0 saturated carbocycles. The van der Waals surface area contributed by atoms with Crippen LogP contribution in [0.4, 0.5) is 0 Å². The van der Waals surface area contributed by atoms with Gasteiger partial charge in [-0.2, -0.15) is 0 Å². The van der Waals surface area contributed by atoms with Crippen molar-refractivity contribution in [2.45, 2.75) is 0 Å². The van der Waals surface area contributed by atoms with Gasteiger partial charge in [0.25, 0.3) is 0 Å². The summed E-state index contributed by atoms with van der Waals surface area (Å²) in [5, 5.41) is 0. The number of rotatable bonds is 1. The van der Waals surface area contributed by atoms with Crippen molar-refractivity contribution in [3.05, 3.63) is 60.7 Å². The first-order valence-corrected chi connectivity index (χ1v) is 4.07. The molecular weight excluding hydrogens is 158 g/mol. The Morgan fingerprint density at radius 1 is 0.429 bits per heavy atom. The normalized spacial score (nSPS) is 8.29. The topological polar surface area (TPSA) is 0 Å². The number of hydrogen-bond acceptors (Lipinski definition) is 0. The first-order chi connectivity index (χ1) is 5.97. The van der Waals surface area contributed by atoms with Gasteiger partial charge in [0, 0.05) is 0 Å². The molecule has 0 heterocycles. The van der Waals surface area contributed by atoms with Crippen LogP contribution in [-0.2, 0) is 0 Å². The van der Waals surface area contributed by atoms with E-state index in [4.69, 9.17) is 0 Å². The third-order valence-electron chi connectivity index (χ3n) is 1.88. The summed E-state index contributed by atoms with van der Waals surface area (Å²) in [5.41, 5.74) is 2.55. The summed E-state index contributed by atoms with van der Waals surface area (Å²) in [7, 11) is 0. The third-order valence-corrected chi connectivity index (χ3v) is 1.88. The van der Waals surface area contributed by atoms with E-state index >= 15 is 0 Å². The standard InChI is InChI=1S/C12H10.2Li.2H/c1-3-7-11(8-4-1)12-9-5-2-6-10-12;;;;/h1-10H;;;;. The minimum Gasteiger partial charge on any atom is -0.0622 e. The maximum Gasteiger partial charge on any atom is -0.0184 e. The van der Waals surface area contributed by atoms with E-state index in [1.165, 1.54) is 11.1 Å². The van der Waals surface area contributed by atoms with Gasteiger partial charge in [0.1, 0.15) is 0 Å². The summed E-state index contributed by atoms with van der Waals surface area (Å²) >= 11 is 0. The Bertz CT molecular complexity index is 306. The van der Waals surface area contributed by atoms with E-state index in [1.807, 2.05) is 12.1 Å². The van der Waals surface area contributed by atoms with Crippen LogP contribution in [-0.4, -0.2) is 37.7 Å². The molecule has 0 N–H and O–H groups in total. The fraction of sp³-hybridized carbons (Fsp3) is 0. The van der Waals surface area contributed by atoms with Crippen molar-refractivity contribution in [3.63, 3.8) is 0 Å². The second-order valence-corrected chi connectivity index (χ2v) is 2.73. The van der Waals surface area contributed by atoms with Crippen LogP contribution >= 0.6 is 0 Å². The smallest absolute Gasteiger partial charge is 0.0184 e. The molecule has 0 amide bonds. The molecule has 0 radical (unpaired) electrons. The monoisotopic (exact) mass is 170 g/mol. The molecule has 2 aromatic rings. The summed E-state index contributed by atoms with van der Waals surface area (Å²) in [6, 6.07) is 20.8. The van der Waals surface area contributed by atoms with Gasteiger partial charge in [0.15, 0.2) is 0 Å². The average Bonchev–Trinajstić information content (AvgIpc) is 2.21. The predicted molar refractivity (Wildman–Crippen MR) is 66.2 cm³/mol. The third kappa shape index (κ3) is 3.41. The Balaban J connectivity index is 0.000000845. The van der Waals surface area contributed by atoms with Crippen LogP contribution in [0.1, 0.15) is 0 Å². The quantitative estimate of drug-likeness (QED) is 0.574. The second kappa shape index (κ2) is 7.00. The van der Waals surface area contributed by atoms with Crippen molar-refractivity contribution < 1.29 is 0 Å². The Kier molecular flexibility index (Phi) is 6.81. The molecule has 0 spiro atoms. The molecule has 2 heteroatoms. The maximum atomic E-state index is 2.12. The zero-order chi connectivity index (χ0) is 8.23. The molecule has 0 aromatic heterocycles. The molecule has 0 fully saturated rings. The van der Waals surface area contributed by atoms with Gasteiger partial charge in [0.05, 0.1) is 0 Å². The molecule has 0 saturated heterocycles.